The van der Waals surface area contributed by atoms with Crippen molar-refractivity contribution in [3.05, 3.63) is 35.4 Å². The molecule has 1 aromatic rings. The minimum Gasteiger partial charge on any atom is -0.353 e. The Labute approximate surface area is 144 Å². The van der Waals surface area contributed by atoms with Gasteiger partial charge in [-0.3, -0.25) is 9.59 Å². The van der Waals surface area contributed by atoms with Gasteiger partial charge in [-0.05, 0) is 38.2 Å². The molecule has 4 heteroatoms. The number of hydrogen-bond acceptors (Lipinski definition) is 2. The summed E-state index contributed by atoms with van der Waals surface area (Å²) in [5.74, 6) is 0.454. The highest BCUT2D eigenvalue weighted by Crippen LogP contribution is 2.22. The van der Waals surface area contributed by atoms with Crippen LogP contribution in [0.5, 0.6) is 0 Å². The first-order chi connectivity index (χ1) is 11.6. The number of nitrogens with zero attached hydrogens (tertiary/aromatic N) is 1. The van der Waals surface area contributed by atoms with E-state index < -0.39 is 0 Å². The van der Waals surface area contributed by atoms with Gasteiger partial charge in [-0.25, -0.2) is 0 Å². The first kappa shape index (κ1) is 17.0. The van der Waals surface area contributed by atoms with Crippen molar-refractivity contribution in [3.8, 4) is 0 Å². The molecule has 2 fully saturated rings. The Morgan fingerprint density at radius 1 is 1.04 bits per heavy atom. The van der Waals surface area contributed by atoms with Gasteiger partial charge in [0.1, 0.15) is 0 Å². The van der Waals surface area contributed by atoms with Crippen molar-refractivity contribution >= 4 is 11.8 Å². The highest BCUT2D eigenvalue weighted by Gasteiger charge is 2.29. The molecule has 1 aromatic carbocycles. The molecule has 1 saturated carbocycles. The van der Waals surface area contributed by atoms with Gasteiger partial charge in [0, 0.05) is 25.0 Å². The van der Waals surface area contributed by atoms with Crippen LogP contribution in [0.25, 0.3) is 0 Å². The number of carbonyl (C=O) groups is 2. The van der Waals surface area contributed by atoms with Crippen LogP contribution in [0.3, 0.4) is 0 Å². The lowest BCUT2D eigenvalue weighted by molar-refractivity contribution is -0.135. The predicted molar refractivity (Wildman–Crippen MR) is 94.6 cm³/mol. The van der Waals surface area contributed by atoms with Crippen molar-refractivity contribution in [2.75, 3.05) is 13.1 Å². The second kappa shape index (κ2) is 7.82. The number of rotatable bonds is 4. The first-order valence-corrected chi connectivity index (χ1v) is 9.25. The molecule has 24 heavy (non-hydrogen) atoms. The smallest absolute Gasteiger partial charge is 0.226 e. The van der Waals surface area contributed by atoms with E-state index in [1.54, 1.807) is 0 Å². The zero-order valence-electron chi connectivity index (χ0n) is 14.6. The van der Waals surface area contributed by atoms with Crippen LogP contribution >= 0.6 is 0 Å². The lowest BCUT2D eigenvalue weighted by atomic mass is 9.95. The largest absolute Gasteiger partial charge is 0.353 e. The maximum Gasteiger partial charge on any atom is 0.226 e. The number of benzene rings is 1. The van der Waals surface area contributed by atoms with Crippen LogP contribution in [0.2, 0.25) is 0 Å². The number of nitrogens with one attached hydrogen (secondary N) is 1. The van der Waals surface area contributed by atoms with E-state index in [4.69, 9.17) is 0 Å². The number of hydrogen-bond donors (Lipinski definition) is 1. The number of amides is 2. The fraction of sp³-hybridized carbons (Fsp3) is 0.600. The third-order valence-corrected chi connectivity index (χ3v) is 5.40. The molecule has 0 spiro atoms. The van der Waals surface area contributed by atoms with Crippen molar-refractivity contribution < 1.29 is 9.59 Å². The number of carbonyl (C=O) groups excluding carboxylic acids is 2. The topological polar surface area (TPSA) is 49.4 Å². The quantitative estimate of drug-likeness (QED) is 0.924. The predicted octanol–water partition coefficient (Wildman–Crippen LogP) is 2.83. The molecule has 0 radical (unpaired) electrons. The van der Waals surface area contributed by atoms with Gasteiger partial charge in [-0.1, -0.05) is 42.7 Å². The molecule has 1 aliphatic carbocycles. The molecule has 2 aliphatic rings. The monoisotopic (exact) mass is 328 g/mol. The van der Waals surface area contributed by atoms with Crippen LogP contribution in [0.1, 0.15) is 49.7 Å². The Bertz CT molecular complexity index is 568. The van der Waals surface area contributed by atoms with E-state index in [-0.39, 0.29) is 17.7 Å². The first-order valence-electron chi connectivity index (χ1n) is 9.25. The van der Waals surface area contributed by atoms with Crippen LogP contribution in [-0.2, 0) is 16.0 Å². The molecule has 130 valence electrons. The summed E-state index contributed by atoms with van der Waals surface area (Å²) in [7, 11) is 0. The van der Waals surface area contributed by atoms with Crippen molar-refractivity contribution in [2.45, 2.75) is 57.9 Å². The Kier molecular flexibility index (Phi) is 5.54. The van der Waals surface area contributed by atoms with E-state index in [1.807, 2.05) is 36.1 Å². The van der Waals surface area contributed by atoms with Crippen molar-refractivity contribution in [1.82, 2.24) is 10.2 Å². The van der Waals surface area contributed by atoms with Crippen molar-refractivity contribution in [3.63, 3.8) is 0 Å². The second-order valence-corrected chi connectivity index (χ2v) is 7.31. The number of piperidine rings is 1. The zero-order valence-corrected chi connectivity index (χ0v) is 14.6. The van der Waals surface area contributed by atoms with E-state index >= 15 is 0 Å². The molecule has 1 aliphatic heterocycles. The molecule has 2 amide bonds. The Morgan fingerprint density at radius 3 is 2.29 bits per heavy atom. The Hall–Kier alpha value is -1.84. The molecule has 1 N–H and O–H groups in total. The minimum absolute atomic E-state index is 0.0778. The van der Waals surface area contributed by atoms with Crippen LogP contribution in [0.4, 0.5) is 0 Å². The third-order valence-electron chi connectivity index (χ3n) is 5.40. The SMILES string of the molecule is Cc1ccc(CC(=O)N2CCC(C(=O)NC3CCCC3)CC2)cc1. The average Bonchev–Trinajstić information content (AvgIpc) is 3.10. The fourth-order valence-electron chi connectivity index (χ4n) is 3.77. The lowest BCUT2D eigenvalue weighted by Crippen LogP contribution is -2.45. The molecule has 3 rings (SSSR count). The van der Waals surface area contributed by atoms with Gasteiger partial charge in [0.15, 0.2) is 0 Å². The van der Waals surface area contributed by atoms with E-state index in [1.165, 1.54) is 18.4 Å². The lowest BCUT2D eigenvalue weighted by Gasteiger charge is -2.32. The molecule has 4 nitrogen and oxygen atoms in total. The van der Waals surface area contributed by atoms with Gasteiger partial charge >= 0.3 is 0 Å². The minimum atomic E-state index is 0.0778. The summed E-state index contributed by atoms with van der Waals surface area (Å²) in [5, 5.41) is 3.20. The van der Waals surface area contributed by atoms with Crippen LogP contribution in [0, 0.1) is 12.8 Å². The van der Waals surface area contributed by atoms with Gasteiger partial charge in [0.25, 0.3) is 0 Å². The molecule has 1 saturated heterocycles. The maximum absolute atomic E-state index is 12.4. The van der Waals surface area contributed by atoms with Crippen LogP contribution in [-0.4, -0.2) is 35.8 Å². The summed E-state index contributed by atoms with van der Waals surface area (Å²) in [6.07, 6.45) is 6.75. The maximum atomic E-state index is 12.4. The molecular formula is C20H28N2O2. The van der Waals surface area contributed by atoms with Crippen molar-refractivity contribution in [2.24, 2.45) is 5.92 Å². The number of aryl methyl sites for hydroxylation is 1. The van der Waals surface area contributed by atoms with E-state index in [9.17, 15) is 9.59 Å². The van der Waals surface area contributed by atoms with Gasteiger partial charge in [0.2, 0.25) is 11.8 Å². The summed E-state index contributed by atoms with van der Waals surface area (Å²) in [4.78, 5) is 26.7. The van der Waals surface area contributed by atoms with Gasteiger partial charge in [0.05, 0.1) is 6.42 Å². The van der Waals surface area contributed by atoms with Gasteiger partial charge < -0.3 is 10.2 Å². The fourth-order valence-corrected chi connectivity index (χ4v) is 3.77. The summed E-state index contributed by atoms with van der Waals surface area (Å²) >= 11 is 0. The molecule has 0 aromatic heterocycles. The Balaban J connectivity index is 1.44. The Morgan fingerprint density at radius 2 is 1.67 bits per heavy atom. The van der Waals surface area contributed by atoms with Crippen LogP contribution in [0.15, 0.2) is 24.3 Å². The number of likely N-dealkylation sites (tertiary alicyclic amines) is 1. The third kappa shape index (κ3) is 4.37. The molecular weight excluding hydrogens is 300 g/mol. The highest BCUT2D eigenvalue weighted by molar-refractivity contribution is 5.81. The molecule has 0 bridgehead atoms. The molecule has 0 atom stereocenters. The summed E-state index contributed by atoms with van der Waals surface area (Å²) in [6.45, 7) is 3.45. The summed E-state index contributed by atoms with van der Waals surface area (Å²) < 4.78 is 0. The van der Waals surface area contributed by atoms with Crippen molar-refractivity contribution in [1.29, 1.82) is 0 Å². The second-order valence-electron chi connectivity index (χ2n) is 7.31. The van der Waals surface area contributed by atoms with E-state index in [0.29, 0.717) is 25.6 Å². The zero-order chi connectivity index (χ0) is 16.9. The van der Waals surface area contributed by atoms with E-state index in [0.717, 1.165) is 31.2 Å². The van der Waals surface area contributed by atoms with Crippen LogP contribution < -0.4 is 5.32 Å². The summed E-state index contributed by atoms with van der Waals surface area (Å²) in [5.41, 5.74) is 2.27. The van der Waals surface area contributed by atoms with E-state index in [2.05, 4.69) is 5.32 Å². The average molecular weight is 328 g/mol. The normalized spacial score (nSPS) is 19.5. The van der Waals surface area contributed by atoms with Gasteiger partial charge in [-0.15, -0.1) is 0 Å². The molecule has 0 unspecified atom stereocenters. The summed E-state index contributed by atoms with van der Waals surface area (Å²) in [6, 6.07) is 8.52. The molecule has 1 heterocycles. The standard InChI is InChI=1S/C20H28N2O2/c1-15-6-8-16(9-7-15)14-19(23)22-12-10-17(11-13-22)20(24)21-18-4-2-3-5-18/h6-9,17-18H,2-5,10-14H2,1H3,(H,21,24). The van der Waals surface area contributed by atoms with Gasteiger partial charge in [-0.2, -0.15) is 0 Å². The highest BCUT2D eigenvalue weighted by atomic mass is 16.2.